The Labute approximate surface area is 220 Å². The second-order valence-electron chi connectivity index (χ2n) is 9.75. The number of pyridine rings is 1. The van der Waals surface area contributed by atoms with E-state index in [1.165, 1.54) is 11.3 Å². The van der Waals surface area contributed by atoms with Gasteiger partial charge in [0, 0.05) is 55.3 Å². The van der Waals surface area contributed by atoms with Crippen molar-refractivity contribution in [1.29, 1.82) is 0 Å². The van der Waals surface area contributed by atoms with Gasteiger partial charge in [0.05, 0.1) is 12.1 Å². The normalized spacial score (nSPS) is 15.9. The zero-order chi connectivity index (χ0) is 24.6. The van der Waals surface area contributed by atoms with Crippen molar-refractivity contribution in [2.75, 3.05) is 49.6 Å². The molecular formula is C30H29BrN4O. The number of halogens is 1. The summed E-state index contributed by atoms with van der Waals surface area (Å²) in [5.41, 5.74) is 6.86. The van der Waals surface area contributed by atoms with Gasteiger partial charge in [-0.1, -0.05) is 36.4 Å². The SMILES string of the molecule is CN1CCN(c2cc3c(cc2Br)CCN3C(=O)Cc2ccc(-c3ccncc3)c3ccccc23)CC1. The number of anilines is 2. The number of hydrogen-bond donors (Lipinski definition) is 0. The molecule has 3 aromatic carbocycles. The lowest BCUT2D eigenvalue weighted by atomic mass is 9.94. The summed E-state index contributed by atoms with van der Waals surface area (Å²) in [7, 11) is 2.17. The van der Waals surface area contributed by atoms with E-state index in [0.29, 0.717) is 6.42 Å². The maximum Gasteiger partial charge on any atom is 0.231 e. The van der Waals surface area contributed by atoms with E-state index in [0.717, 1.165) is 76.8 Å². The molecule has 5 nitrogen and oxygen atoms in total. The van der Waals surface area contributed by atoms with Crippen molar-refractivity contribution in [2.45, 2.75) is 12.8 Å². The highest BCUT2D eigenvalue weighted by Crippen LogP contribution is 2.39. The van der Waals surface area contributed by atoms with Crippen LogP contribution >= 0.6 is 15.9 Å². The molecule has 0 spiro atoms. The fourth-order valence-corrected chi connectivity index (χ4v) is 6.14. The molecule has 1 aromatic heterocycles. The first kappa shape index (κ1) is 23.2. The van der Waals surface area contributed by atoms with Crippen LogP contribution in [0.2, 0.25) is 0 Å². The lowest BCUT2D eigenvalue weighted by molar-refractivity contribution is -0.117. The molecule has 1 amide bonds. The maximum absolute atomic E-state index is 13.7. The molecule has 0 atom stereocenters. The minimum Gasteiger partial charge on any atom is -0.368 e. The lowest BCUT2D eigenvalue weighted by Crippen LogP contribution is -2.44. The molecule has 4 aromatic rings. The van der Waals surface area contributed by atoms with Gasteiger partial charge in [0.1, 0.15) is 0 Å². The fourth-order valence-electron chi connectivity index (χ4n) is 5.50. The highest BCUT2D eigenvalue weighted by atomic mass is 79.9. The van der Waals surface area contributed by atoms with E-state index in [9.17, 15) is 4.79 Å². The van der Waals surface area contributed by atoms with Gasteiger partial charge in [0.25, 0.3) is 0 Å². The van der Waals surface area contributed by atoms with Crippen LogP contribution in [0.4, 0.5) is 11.4 Å². The first-order chi connectivity index (χ1) is 17.6. The molecule has 0 unspecified atom stereocenters. The second kappa shape index (κ2) is 9.68. The third-order valence-corrected chi connectivity index (χ3v) is 8.17. The Bertz CT molecular complexity index is 1430. The summed E-state index contributed by atoms with van der Waals surface area (Å²) in [5, 5.41) is 2.30. The second-order valence-corrected chi connectivity index (χ2v) is 10.6. The molecule has 6 heteroatoms. The van der Waals surface area contributed by atoms with Crippen LogP contribution in [0.3, 0.4) is 0 Å². The van der Waals surface area contributed by atoms with Crippen LogP contribution in [-0.4, -0.2) is 55.6 Å². The van der Waals surface area contributed by atoms with E-state index in [4.69, 9.17) is 0 Å². The number of carbonyl (C=O) groups excluding carboxylic acids is 1. The Hall–Kier alpha value is -3.22. The molecule has 0 N–H and O–H groups in total. The number of carbonyl (C=O) groups is 1. The van der Waals surface area contributed by atoms with Gasteiger partial charge in [0.15, 0.2) is 0 Å². The van der Waals surface area contributed by atoms with Gasteiger partial charge < -0.3 is 14.7 Å². The standard InChI is InChI=1S/C30H29BrN4O/c1-33-14-16-34(17-15-33)29-20-28-23(18-27(29)31)10-13-35(28)30(36)19-22-6-7-25(21-8-11-32-12-9-21)26-5-3-2-4-24(22)26/h2-9,11-12,18,20H,10,13-17,19H2,1H3. The lowest BCUT2D eigenvalue weighted by Gasteiger charge is -2.35. The number of hydrogen-bond acceptors (Lipinski definition) is 4. The summed E-state index contributed by atoms with van der Waals surface area (Å²) in [6.45, 7) is 4.83. The zero-order valence-corrected chi connectivity index (χ0v) is 22.0. The van der Waals surface area contributed by atoms with Crippen LogP contribution in [0.25, 0.3) is 21.9 Å². The molecule has 3 heterocycles. The van der Waals surface area contributed by atoms with Gasteiger partial charge in [-0.15, -0.1) is 0 Å². The van der Waals surface area contributed by atoms with E-state index < -0.39 is 0 Å². The average Bonchev–Trinajstić information content (AvgIpc) is 3.32. The quantitative estimate of drug-likeness (QED) is 0.340. The van der Waals surface area contributed by atoms with E-state index in [-0.39, 0.29) is 5.91 Å². The monoisotopic (exact) mass is 540 g/mol. The van der Waals surface area contributed by atoms with Crippen LogP contribution in [-0.2, 0) is 17.6 Å². The molecule has 2 aliphatic heterocycles. The van der Waals surface area contributed by atoms with Crippen LogP contribution in [0, 0.1) is 0 Å². The summed E-state index contributed by atoms with van der Waals surface area (Å²) in [4.78, 5) is 24.6. The van der Waals surface area contributed by atoms with Gasteiger partial charge >= 0.3 is 0 Å². The maximum atomic E-state index is 13.7. The number of piperazine rings is 1. The van der Waals surface area contributed by atoms with Gasteiger partial charge in [-0.25, -0.2) is 0 Å². The van der Waals surface area contributed by atoms with Gasteiger partial charge in [-0.2, -0.15) is 0 Å². The van der Waals surface area contributed by atoms with Crippen LogP contribution in [0.1, 0.15) is 11.1 Å². The zero-order valence-electron chi connectivity index (χ0n) is 20.5. The highest BCUT2D eigenvalue weighted by Gasteiger charge is 2.28. The predicted molar refractivity (Wildman–Crippen MR) is 151 cm³/mol. The van der Waals surface area contributed by atoms with Gasteiger partial charge in [-0.3, -0.25) is 9.78 Å². The minimum absolute atomic E-state index is 0.155. The van der Waals surface area contributed by atoms with E-state index in [2.05, 4.69) is 86.3 Å². The molecule has 6 rings (SSSR count). The molecular weight excluding hydrogens is 512 g/mol. The summed E-state index contributed by atoms with van der Waals surface area (Å²) < 4.78 is 1.12. The Morgan fingerprint density at radius 1 is 0.889 bits per heavy atom. The van der Waals surface area contributed by atoms with E-state index in [1.54, 1.807) is 0 Å². The molecule has 0 bridgehead atoms. The Morgan fingerprint density at radius 2 is 1.64 bits per heavy atom. The predicted octanol–water partition coefficient (Wildman–Crippen LogP) is 5.55. The fraction of sp³-hybridized carbons (Fsp3) is 0.267. The van der Waals surface area contributed by atoms with E-state index in [1.807, 2.05) is 29.4 Å². The minimum atomic E-state index is 0.155. The Morgan fingerprint density at radius 3 is 2.42 bits per heavy atom. The van der Waals surface area contributed by atoms with Crippen molar-refractivity contribution in [3.8, 4) is 11.1 Å². The number of amides is 1. The van der Waals surface area contributed by atoms with Gasteiger partial charge in [0.2, 0.25) is 5.91 Å². The number of nitrogens with zero attached hydrogens (tertiary/aromatic N) is 4. The summed E-state index contributed by atoms with van der Waals surface area (Å²) >= 11 is 3.80. The molecule has 36 heavy (non-hydrogen) atoms. The molecule has 2 aliphatic rings. The van der Waals surface area contributed by atoms with Crippen LogP contribution in [0.5, 0.6) is 0 Å². The largest absolute Gasteiger partial charge is 0.368 e. The summed E-state index contributed by atoms with van der Waals surface area (Å²) in [5.74, 6) is 0.155. The highest BCUT2D eigenvalue weighted by molar-refractivity contribution is 9.10. The van der Waals surface area contributed by atoms with E-state index >= 15 is 0 Å². The number of fused-ring (bicyclic) bond motifs is 2. The average molecular weight is 541 g/mol. The smallest absolute Gasteiger partial charge is 0.231 e. The van der Waals surface area contributed by atoms with Crippen molar-refractivity contribution >= 4 is 44.0 Å². The number of likely N-dealkylation sites (N-methyl/N-ethyl adjacent to an activating group) is 1. The van der Waals surface area contributed by atoms with Gasteiger partial charge in [-0.05, 0) is 86.7 Å². The van der Waals surface area contributed by atoms with Crippen molar-refractivity contribution < 1.29 is 4.79 Å². The topological polar surface area (TPSA) is 39.7 Å². The molecule has 1 saturated heterocycles. The van der Waals surface area contributed by atoms with Crippen molar-refractivity contribution in [2.24, 2.45) is 0 Å². The third-order valence-electron chi connectivity index (χ3n) is 7.54. The van der Waals surface area contributed by atoms with Crippen molar-refractivity contribution in [3.05, 3.63) is 88.7 Å². The first-order valence-corrected chi connectivity index (χ1v) is 13.3. The first-order valence-electron chi connectivity index (χ1n) is 12.6. The number of rotatable bonds is 4. The molecule has 0 aliphatic carbocycles. The summed E-state index contributed by atoms with van der Waals surface area (Å²) in [6, 6.07) is 21.1. The van der Waals surface area contributed by atoms with Crippen molar-refractivity contribution in [1.82, 2.24) is 9.88 Å². The molecule has 1 fully saturated rings. The van der Waals surface area contributed by atoms with Crippen LogP contribution < -0.4 is 9.80 Å². The third kappa shape index (κ3) is 4.29. The molecule has 0 saturated carbocycles. The number of aromatic nitrogens is 1. The Balaban J connectivity index is 1.30. The Kier molecular flexibility index (Phi) is 6.23. The van der Waals surface area contributed by atoms with Crippen LogP contribution in [0.15, 0.2) is 77.5 Å². The van der Waals surface area contributed by atoms with Crippen molar-refractivity contribution in [3.63, 3.8) is 0 Å². The summed E-state index contributed by atoms with van der Waals surface area (Å²) in [6.07, 6.45) is 4.92. The molecule has 182 valence electrons. The molecule has 0 radical (unpaired) electrons. The number of benzene rings is 3.